The lowest BCUT2D eigenvalue weighted by atomic mass is 9.95. The summed E-state index contributed by atoms with van der Waals surface area (Å²) in [4.78, 5) is 2.48. The molecule has 1 unspecified atom stereocenters. The average Bonchev–Trinajstić information content (AvgIpc) is 2.31. The number of nitrogens with one attached hydrogen (secondary N) is 1. The largest absolute Gasteiger partial charge is 0.314 e. The number of hydrogen-bond donors (Lipinski definition) is 1. The summed E-state index contributed by atoms with van der Waals surface area (Å²) in [5.41, 5.74) is 0.961. The summed E-state index contributed by atoms with van der Waals surface area (Å²) in [6, 6.07) is 7.46. The Morgan fingerprint density at radius 2 is 2.11 bits per heavy atom. The third-order valence-electron chi connectivity index (χ3n) is 3.87. The number of halogens is 1. The van der Waals surface area contributed by atoms with Crippen LogP contribution < -0.4 is 5.32 Å². The Morgan fingerprint density at radius 3 is 2.78 bits per heavy atom. The first-order valence-electron chi connectivity index (χ1n) is 6.71. The molecule has 0 spiro atoms. The second-order valence-corrected chi connectivity index (χ2v) is 5.83. The third kappa shape index (κ3) is 2.90. The van der Waals surface area contributed by atoms with E-state index in [9.17, 15) is 4.39 Å². The molecule has 0 bridgehead atoms. The summed E-state index contributed by atoms with van der Waals surface area (Å²) < 4.78 is 13.7. The SMILES string of the molecule is CC(Cc1ccccc1F)N1CCNCC1(C)C. The van der Waals surface area contributed by atoms with Gasteiger partial charge in [-0.3, -0.25) is 4.90 Å². The lowest BCUT2D eigenvalue weighted by molar-refractivity contribution is 0.0519. The molecule has 0 aliphatic carbocycles. The van der Waals surface area contributed by atoms with Crippen LogP contribution in [-0.4, -0.2) is 36.1 Å². The van der Waals surface area contributed by atoms with Gasteiger partial charge in [-0.25, -0.2) is 4.39 Å². The molecular formula is C15H23FN2. The number of piperazine rings is 1. The Hall–Kier alpha value is -0.930. The second-order valence-electron chi connectivity index (χ2n) is 5.83. The van der Waals surface area contributed by atoms with Gasteiger partial charge in [-0.2, -0.15) is 0 Å². The summed E-state index contributed by atoms with van der Waals surface area (Å²) in [6.45, 7) is 9.73. The third-order valence-corrected chi connectivity index (χ3v) is 3.87. The van der Waals surface area contributed by atoms with E-state index in [-0.39, 0.29) is 11.4 Å². The molecule has 2 rings (SSSR count). The van der Waals surface area contributed by atoms with Crippen LogP contribution in [-0.2, 0) is 6.42 Å². The maximum absolute atomic E-state index is 13.7. The fraction of sp³-hybridized carbons (Fsp3) is 0.600. The normalized spacial score (nSPS) is 21.8. The fourth-order valence-corrected chi connectivity index (χ4v) is 2.91. The number of hydrogen-bond acceptors (Lipinski definition) is 2. The molecule has 1 aliphatic rings. The van der Waals surface area contributed by atoms with Crippen LogP contribution in [0.2, 0.25) is 0 Å². The molecular weight excluding hydrogens is 227 g/mol. The van der Waals surface area contributed by atoms with Crippen molar-refractivity contribution in [1.82, 2.24) is 10.2 Å². The molecule has 1 N–H and O–H groups in total. The molecule has 18 heavy (non-hydrogen) atoms. The minimum absolute atomic E-state index is 0.0858. The van der Waals surface area contributed by atoms with Crippen LogP contribution in [0.1, 0.15) is 26.3 Å². The molecule has 1 saturated heterocycles. The molecule has 1 atom stereocenters. The van der Waals surface area contributed by atoms with Crippen LogP contribution in [0.4, 0.5) is 4.39 Å². The molecule has 1 fully saturated rings. The van der Waals surface area contributed by atoms with Gasteiger partial charge in [0.25, 0.3) is 0 Å². The maximum atomic E-state index is 13.7. The standard InChI is InChI=1S/C15H23FN2/c1-12(10-13-6-4-5-7-14(13)16)18-9-8-17-11-15(18,2)3/h4-7,12,17H,8-11H2,1-3H3. The minimum Gasteiger partial charge on any atom is -0.314 e. The summed E-state index contributed by atoms with van der Waals surface area (Å²) in [6.07, 6.45) is 0.774. The molecule has 3 heteroatoms. The van der Waals surface area contributed by atoms with Crippen molar-refractivity contribution in [3.8, 4) is 0 Å². The van der Waals surface area contributed by atoms with Crippen molar-refractivity contribution in [2.45, 2.75) is 38.8 Å². The van der Waals surface area contributed by atoms with E-state index in [2.05, 4.69) is 31.0 Å². The van der Waals surface area contributed by atoms with Crippen LogP contribution in [0.15, 0.2) is 24.3 Å². The van der Waals surface area contributed by atoms with Crippen molar-refractivity contribution in [2.24, 2.45) is 0 Å². The average molecular weight is 250 g/mol. The van der Waals surface area contributed by atoms with E-state index in [1.807, 2.05) is 12.1 Å². The van der Waals surface area contributed by atoms with Crippen LogP contribution in [0.25, 0.3) is 0 Å². The number of benzene rings is 1. The fourth-order valence-electron chi connectivity index (χ4n) is 2.91. The Kier molecular flexibility index (Phi) is 4.03. The van der Waals surface area contributed by atoms with Crippen molar-refractivity contribution >= 4 is 0 Å². The van der Waals surface area contributed by atoms with Gasteiger partial charge in [0.1, 0.15) is 5.82 Å². The molecule has 100 valence electrons. The highest BCUT2D eigenvalue weighted by Crippen LogP contribution is 2.22. The first kappa shape index (κ1) is 13.5. The van der Waals surface area contributed by atoms with Crippen molar-refractivity contribution in [3.63, 3.8) is 0 Å². The van der Waals surface area contributed by atoms with E-state index in [4.69, 9.17) is 0 Å². The van der Waals surface area contributed by atoms with Crippen LogP contribution >= 0.6 is 0 Å². The first-order valence-corrected chi connectivity index (χ1v) is 6.71. The zero-order chi connectivity index (χ0) is 13.2. The number of nitrogens with zero attached hydrogens (tertiary/aromatic N) is 1. The minimum atomic E-state index is -0.0858. The Bertz CT molecular complexity index is 403. The highest BCUT2D eigenvalue weighted by molar-refractivity contribution is 5.18. The predicted molar refractivity (Wildman–Crippen MR) is 73.2 cm³/mol. The predicted octanol–water partition coefficient (Wildman–Crippen LogP) is 2.44. The van der Waals surface area contributed by atoms with Gasteiger partial charge in [0.15, 0.2) is 0 Å². The molecule has 0 amide bonds. The summed E-state index contributed by atoms with van der Waals surface area (Å²) >= 11 is 0. The zero-order valence-corrected chi connectivity index (χ0v) is 11.5. The van der Waals surface area contributed by atoms with E-state index in [0.29, 0.717) is 6.04 Å². The Morgan fingerprint density at radius 1 is 1.39 bits per heavy atom. The quantitative estimate of drug-likeness (QED) is 0.886. The first-order chi connectivity index (χ1) is 8.50. The van der Waals surface area contributed by atoms with Gasteiger partial charge in [0.2, 0.25) is 0 Å². The van der Waals surface area contributed by atoms with Gasteiger partial charge in [-0.1, -0.05) is 18.2 Å². The highest BCUT2D eigenvalue weighted by Gasteiger charge is 2.32. The Labute approximate surface area is 109 Å². The van der Waals surface area contributed by atoms with Crippen LogP contribution in [0, 0.1) is 5.82 Å². The smallest absolute Gasteiger partial charge is 0.126 e. The summed E-state index contributed by atoms with van der Waals surface area (Å²) in [5.74, 6) is -0.0858. The molecule has 0 radical (unpaired) electrons. The van der Waals surface area contributed by atoms with Gasteiger partial charge in [-0.05, 0) is 38.8 Å². The van der Waals surface area contributed by atoms with E-state index >= 15 is 0 Å². The lowest BCUT2D eigenvalue weighted by Gasteiger charge is -2.46. The van der Waals surface area contributed by atoms with E-state index in [1.165, 1.54) is 0 Å². The van der Waals surface area contributed by atoms with Gasteiger partial charge < -0.3 is 5.32 Å². The molecule has 1 aliphatic heterocycles. The van der Waals surface area contributed by atoms with Crippen molar-refractivity contribution in [1.29, 1.82) is 0 Å². The van der Waals surface area contributed by atoms with E-state index < -0.39 is 0 Å². The summed E-state index contributed by atoms with van der Waals surface area (Å²) in [5, 5.41) is 3.42. The van der Waals surface area contributed by atoms with Crippen molar-refractivity contribution in [2.75, 3.05) is 19.6 Å². The number of rotatable bonds is 3. The highest BCUT2D eigenvalue weighted by atomic mass is 19.1. The Balaban J connectivity index is 2.07. The van der Waals surface area contributed by atoms with E-state index in [1.54, 1.807) is 12.1 Å². The topological polar surface area (TPSA) is 15.3 Å². The molecule has 1 aromatic carbocycles. The molecule has 0 aromatic heterocycles. The second kappa shape index (κ2) is 5.37. The van der Waals surface area contributed by atoms with Crippen LogP contribution in [0.3, 0.4) is 0 Å². The van der Waals surface area contributed by atoms with Gasteiger partial charge in [0, 0.05) is 31.2 Å². The zero-order valence-electron chi connectivity index (χ0n) is 11.5. The maximum Gasteiger partial charge on any atom is 0.126 e. The molecule has 1 heterocycles. The lowest BCUT2D eigenvalue weighted by Crippen LogP contribution is -2.60. The van der Waals surface area contributed by atoms with E-state index in [0.717, 1.165) is 31.6 Å². The monoisotopic (exact) mass is 250 g/mol. The summed E-state index contributed by atoms with van der Waals surface area (Å²) in [7, 11) is 0. The van der Waals surface area contributed by atoms with Gasteiger partial charge in [0.05, 0.1) is 0 Å². The molecule has 1 aromatic rings. The van der Waals surface area contributed by atoms with Gasteiger partial charge >= 0.3 is 0 Å². The van der Waals surface area contributed by atoms with Crippen LogP contribution in [0.5, 0.6) is 0 Å². The molecule has 0 saturated carbocycles. The molecule has 2 nitrogen and oxygen atoms in total. The van der Waals surface area contributed by atoms with Crippen molar-refractivity contribution in [3.05, 3.63) is 35.6 Å². The van der Waals surface area contributed by atoms with Gasteiger partial charge in [-0.15, -0.1) is 0 Å². The van der Waals surface area contributed by atoms with Crippen molar-refractivity contribution < 1.29 is 4.39 Å².